The lowest BCUT2D eigenvalue weighted by Gasteiger charge is -2.08. The van der Waals surface area contributed by atoms with Gasteiger partial charge in [-0.05, 0) is 56.2 Å². The molecule has 2 aromatic carbocycles. The Bertz CT molecular complexity index is 1260. The highest BCUT2D eigenvalue weighted by Gasteiger charge is 2.28. The van der Waals surface area contributed by atoms with E-state index in [-0.39, 0.29) is 22.4 Å². The van der Waals surface area contributed by atoms with Gasteiger partial charge in [0.15, 0.2) is 0 Å². The maximum atomic E-state index is 12.5. The number of nitrogens with one attached hydrogen (secondary N) is 2. The maximum Gasteiger partial charge on any atom is 0.240 e. The zero-order valence-corrected chi connectivity index (χ0v) is 18.5. The van der Waals surface area contributed by atoms with Gasteiger partial charge in [0.1, 0.15) is 6.26 Å². The van der Waals surface area contributed by atoms with Crippen molar-refractivity contribution >= 4 is 20.0 Å². The monoisotopic (exact) mass is 461 g/mol. The number of hydrogen-bond donors (Lipinski definition) is 2. The van der Waals surface area contributed by atoms with Crippen LogP contribution >= 0.6 is 0 Å². The Morgan fingerprint density at radius 2 is 1.55 bits per heavy atom. The van der Waals surface area contributed by atoms with E-state index in [1.54, 1.807) is 0 Å². The van der Waals surface area contributed by atoms with Crippen LogP contribution in [0.15, 0.2) is 69.0 Å². The Morgan fingerprint density at radius 3 is 2.16 bits per heavy atom. The van der Waals surface area contributed by atoms with Crippen LogP contribution in [0.1, 0.15) is 24.1 Å². The lowest BCUT2D eigenvalue weighted by atomic mass is 10.1. The zero-order valence-electron chi connectivity index (χ0n) is 16.9. The summed E-state index contributed by atoms with van der Waals surface area (Å²) < 4.78 is 60.0. The second-order valence-corrected chi connectivity index (χ2v) is 11.0. The predicted octanol–water partition coefficient (Wildman–Crippen LogP) is 2.61. The average Bonchev–Trinajstić information content (AvgIpc) is 3.41. The quantitative estimate of drug-likeness (QED) is 0.506. The van der Waals surface area contributed by atoms with E-state index >= 15 is 0 Å². The summed E-state index contributed by atoms with van der Waals surface area (Å²) in [6.45, 7) is 2.12. The van der Waals surface area contributed by atoms with E-state index < -0.39 is 20.0 Å². The van der Waals surface area contributed by atoms with Crippen molar-refractivity contribution in [3.8, 4) is 11.5 Å². The third-order valence-electron chi connectivity index (χ3n) is 4.87. The van der Waals surface area contributed by atoms with Gasteiger partial charge in [-0.25, -0.2) is 31.3 Å². The first-order chi connectivity index (χ1) is 14.7. The highest BCUT2D eigenvalue weighted by molar-refractivity contribution is 7.90. The molecule has 0 bridgehead atoms. The number of benzene rings is 2. The smallest absolute Gasteiger partial charge is 0.240 e. The molecule has 0 atom stereocenters. The van der Waals surface area contributed by atoms with Crippen molar-refractivity contribution in [3.63, 3.8) is 0 Å². The van der Waals surface area contributed by atoms with Crippen LogP contribution in [0.4, 0.5) is 0 Å². The molecule has 1 fully saturated rings. The molecule has 8 nitrogen and oxygen atoms in total. The topological polar surface area (TPSA) is 118 Å². The summed E-state index contributed by atoms with van der Waals surface area (Å²) in [6, 6.07) is 12.9. The first-order valence-electron chi connectivity index (χ1n) is 9.86. The second kappa shape index (κ2) is 8.54. The van der Waals surface area contributed by atoms with Gasteiger partial charge in [0, 0.05) is 24.6 Å². The minimum Gasteiger partial charge on any atom is -0.444 e. The van der Waals surface area contributed by atoms with Crippen molar-refractivity contribution in [2.45, 2.75) is 42.0 Å². The zero-order chi connectivity index (χ0) is 22.1. The van der Waals surface area contributed by atoms with Crippen LogP contribution in [0.5, 0.6) is 0 Å². The van der Waals surface area contributed by atoms with E-state index in [9.17, 15) is 16.8 Å². The van der Waals surface area contributed by atoms with E-state index in [1.165, 1.54) is 30.5 Å². The Morgan fingerprint density at radius 1 is 0.935 bits per heavy atom. The van der Waals surface area contributed by atoms with Crippen LogP contribution in [-0.4, -0.2) is 34.4 Å². The molecule has 1 saturated carbocycles. The van der Waals surface area contributed by atoms with Gasteiger partial charge in [-0.15, -0.1) is 0 Å². The normalized spacial score (nSPS) is 14.6. The lowest BCUT2D eigenvalue weighted by molar-refractivity contribution is 0.570. The van der Waals surface area contributed by atoms with E-state index in [4.69, 9.17) is 4.42 Å². The Balaban J connectivity index is 1.35. The van der Waals surface area contributed by atoms with E-state index in [1.807, 2.05) is 31.2 Å². The molecule has 1 aromatic heterocycles. The van der Waals surface area contributed by atoms with Crippen molar-refractivity contribution in [1.82, 2.24) is 14.4 Å². The van der Waals surface area contributed by atoms with Gasteiger partial charge >= 0.3 is 0 Å². The third kappa shape index (κ3) is 5.40. The van der Waals surface area contributed by atoms with Gasteiger partial charge in [0.2, 0.25) is 25.9 Å². The summed E-state index contributed by atoms with van der Waals surface area (Å²) in [5.74, 6) is 0.481. The number of nitrogens with zero attached hydrogens (tertiary/aromatic N) is 1. The molecule has 2 N–H and O–H groups in total. The predicted molar refractivity (Wildman–Crippen MR) is 115 cm³/mol. The molecule has 0 spiro atoms. The number of aryl methyl sites for hydroxylation is 1. The molecule has 164 valence electrons. The van der Waals surface area contributed by atoms with Crippen molar-refractivity contribution in [2.75, 3.05) is 6.54 Å². The van der Waals surface area contributed by atoms with Gasteiger partial charge in [0.25, 0.3) is 0 Å². The molecule has 4 rings (SSSR count). The summed E-state index contributed by atoms with van der Waals surface area (Å²) in [7, 11) is -7.40. The molecule has 31 heavy (non-hydrogen) atoms. The molecule has 1 aliphatic rings. The number of hydrogen-bond acceptors (Lipinski definition) is 6. The summed E-state index contributed by atoms with van der Waals surface area (Å²) in [5, 5.41) is 0. The van der Waals surface area contributed by atoms with E-state index in [0.717, 1.165) is 24.0 Å². The Labute approximate surface area is 181 Å². The standard InChI is InChI=1S/C21H23N3O5S2/c1-15-2-4-16(5-3-15)21-23-18(14-29-21)12-13-22-30(25,26)19-8-10-20(11-9-19)31(27,28)24-17-6-7-17/h2-5,8-11,14,17,22,24H,6-7,12-13H2,1H3. The van der Waals surface area contributed by atoms with Gasteiger partial charge < -0.3 is 4.42 Å². The molecule has 3 aromatic rings. The first kappa shape index (κ1) is 21.7. The second-order valence-electron chi connectivity index (χ2n) is 7.52. The van der Waals surface area contributed by atoms with Crippen LogP contribution in [-0.2, 0) is 26.5 Å². The largest absolute Gasteiger partial charge is 0.444 e. The molecule has 10 heteroatoms. The highest BCUT2D eigenvalue weighted by Crippen LogP contribution is 2.23. The van der Waals surface area contributed by atoms with Crippen LogP contribution in [0.2, 0.25) is 0 Å². The van der Waals surface area contributed by atoms with E-state index in [2.05, 4.69) is 14.4 Å². The third-order valence-corrected chi connectivity index (χ3v) is 7.88. The molecule has 1 heterocycles. The molecule has 0 aliphatic heterocycles. The first-order valence-corrected chi connectivity index (χ1v) is 12.8. The van der Waals surface area contributed by atoms with Crippen LogP contribution in [0.25, 0.3) is 11.5 Å². The average molecular weight is 462 g/mol. The van der Waals surface area contributed by atoms with Crippen molar-refractivity contribution in [3.05, 3.63) is 66.1 Å². The lowest BCUT2D eigenvalue weighted by Crippen LogP contribution is -2.27. The van der Waals surface area contributed by atoms with Crippen molar-refractivity contribution in [1.29, 1.82) is 0 Å². The van der Waals surface area contributed by atoms with Crippen molar-refractivity contribution < 1.29 is 21.3 Å². The molecule has 0 saturated heterocycles. The molecular formula is C21H23N3O5S2. The van der Waals surface area contributed by atoms with Crippen LogP contribution < -0.4 is 9.44 Å². The van der Waals surface area contributed by atoms with Crippen LogP contribution in [0, 0.1) is 6.92 Å². The Hall–Kier alpha value is -2.53. The highest BCUT2D eigenvalue weighted by atomic mass is 32.2. The van der Waals surface area contributed by atoms with Gasteiger partial charge in [-0.1, -0.05) is 17.7 Å². The fraction of sp³-hybridized carbons (Fsp3) is 0.286. The summed E-state index contributed by atoms with van der Waals surface area (Å²) in [5.41, 5.74) is 2.62. The maximum absolute atomic E-state index is 12.5. The molecule has 0 unspecified atom stereocenters. The van der Waals surface area contributed by atoms with Crippen LogP contribution in [0.3, 0.4) is 0 Å². The molecule has 0 radical (unpaired) electrons. The van der Waals surface area contributed by atoms with Gasteiger partial charge in [-0.2, -0.15) is 0 Å². The minimum atomic E-state index is -3.78. The summed E-state index contributed by atoms with van der Waals surface area (Å²) in [6.07, 6.45) is 3.52. The number of oxazole rings is 1. The number of aromatic nitrogens is 1. The number of sulfonamides is 2. The molecular weight excluding hydrogens is 438 g/mol. The SMILES string of the molecule is Cc1ccc(-c2nc(CCNS(=O)(=O)c3ccc(S(=O)(=O)NC4CC4)cc3)co2)cc1. The van der Waals surface area contributed by atoms with Gasteiger partial charge in [0.05, 0.1) is 15.5 Å². The summed E-state index contributed by atoms with van der Waals surface area (Å²) >= 11 is 0. The Kier molecular flexibility index (Phi) is 5.98. The number of rotatable bonds is 9. The fourth-order valence-electron chi connectivity index (χ4n) is 2.93. The minimum absolute atomic E-state index is 0.00151. The van der Waals surface area contributed by atoms with E-state index in [0.29, 0.717) is 18.0 Å². The van der Waals surface area contributed by atoms with Crippen molar-refractivity contribution in [2.24, 2.45) is 0 Å². The van der Waals surface area contributed by atoms with Gasteiger partial charge in [-0.3, -0.25) is 0 Å². The molecule has 0 amide bonds. The molecule has 1 aliphatic carbocycles. The fourth-order valence-corrected chi connectivity index (χ4v) is 5.27. The summed E-state index contributed by atoms with van der Waals surface area (Å²) in [4.78, 5) is 4.44.